The minimum absolute atomic E-state index is 0.233. The summed E-state index contributed by atoms with van der Waals surface area (Å²) >= 11 is 1.36. The van der Waals surface area contributed by atoms with Crippen molar-refractivity contribution in [2.24, 2.45) is 0 Å². The Morgan fingerprint density at radius 3 is 2.58 bits per heavy atom. The van der Waals surface area contributed by atoms with Crippen LogP contribution in [0.4, 0.5) is 0 Å². The van der Waals surface area contributed by atoms with Gasteiger partial charge in [0.25, 0.3) is 0 Å². The van der Waals surface area contributed by atoms with E-state index in [1.54, 1.807) is 6.07 Å². The minimum Gasteiger partial charge on any atom is -0.457 e. The van der Waals surface area contributed by atoms with Gasteiger partial charge in [0, 0.05) is 10.4 Å². The lowest BCUT2D eigenvalue weighted by Crippen LogP contribution is -2.07. The molecule has 0 atom stereocenters. The van der Waals surface area contributed by atoms with E-state index in [4.69, 9.17) is 4.74 Å². The topological polar surface area (TPSA) is 43.4 Å². The first-order chi connectivity index (χ1) is 11.7. The number of aldehydes is 1. The molecule has 4 heteroatoms. The van der Waals surface area contributed by atoms with Gasteiger partial charge < -0.3 is 4.74 Å². The third-order valence-electron chi connectivity index (χ3n) is 3.62. The van der Waals surface area contributed by atoms with Gasteiger partial charge in [-0.3, -0.25) is 4.79 Å². The molecule has 1 heterocycles. The van der Waals surface area contributed by atoms with Crippen molar-refractivity contribution >= 4 is 23.6 Å². The number of hydrogen-bond acceptors (Lipinski definition) is 4. The van der Waals surface area contributed by atoms with Crippen molar-refractivity contribution in [2.45, 2.75) is 13.5 Å². The average molecular weight is 336 g/mol. The van der Waals surface area contributed by atoms with Gasteiger partial charge in [0.15, 0.2) is 6.29 Å². The number of esters is 1. The summed E-state index contributed by atoms with van der Waals surface area (Å²) in [7, 11) is 0. The van der Waals surface area contributed by atoms with E-state index in [9.17, 15) is 9.59 Å². The van der Waals surface area contributed by atoms with Crippen LogP contribution in [-0.2, 0) is 11.3 Å². The van der Waals surface area contributed by atoms with Crippen LogP contribution in [0.3, 0.4) is 0 Å². The summed E-state index contributed by atoms with van der Waals surface area (Å²) in [4.78, 5) is 25.0. The summed E-state index contributed by atoms with van der Waals surface area (Å²) in [6.45, 7) is 2.17. The molecule has 24 heavy (non-hydrogen) atoms. The van der Waals surface area contributed by atoms with Crippen LogP contribution in [0, 0.1) is 6.92 Å². The van der Waals surface area contributed by atoms with Gasteiger partial charge >= 0.3 is 5.97 Å². The standard InChI is InChI=1S/C20H16O3S/c1-14-7-9-17(19-10-8-16(12-21)24-19)18(11-14)20(22)23-13-15-5-3-2-4-6-15/h2-12H,13H2,1H3. The summed E-state index contributed by atoms with van der Waals surface area (Å²) < 4.78 is 5.46. The van der Waals surface area contributed by atoms with Crippen molar-refractivity contribution in [2.75, 3.05) is 0 Å². The van der Waals surface area contributed by atoms with Crippen molar-refractivity contribution in [1.29, 1.82) is 0 Å². The third kappa shape index (κ3) is 3.60. The Bertz CT molecular complexity index is 866. The number of aryl methyl sites for hydroxylation is 1. The first-order valence-corrected chi connectivity index (χ1v) is 8.36. The Morgan fingerprint density at radius 1 is 1.08 bits per heavy atom. The monoisotopic (exact) mass is 336 g/mol. The summed E-state index contributed by atoms with van der Waals surface area (Å²) in [6, 6.07) is 18.9. The number of carbonyl (C=O) groups is 2. The Kier molecular flexibility index (Phi) is 4.87. The Hall–Kier alpha value is -2.72. The number of ether oxygens (including phenoxy) is 1. The second kappa shape index (κ2) is 7.23. The lowest BCUT2D eigenvalue weighted by atomic mass is 10.0. The number of rotatable bonds is 5. The number of thiophene rings is 1. The fraction of sp³-hybridized carbons (Fsp3) is 0.100. The van der Waals surface area contributed by atoms with Crippen LogP contribution in [0.25, 0.3) is 10.4 Å². The highest BCUT2D eigenvalue weighted by molar-refractivity contribution is 7.17. The first kappa shape index (κ1) is 16.1. The molecule has 0 bridgehead atoms. The molecule has 0 unspecified atom stereocenters. The van der Waals surface area contributed by atoms with Crippen LogP contribution in [0.2, 0.25) is 0 Å². The van der Waals surface area contributed by atoms with Crippen LogP contribution in [0.1, 0.15) is 31.2 Å². The van der Waals surface area contributed by atoms with Crippen molar-refractivity contribution in [1.82, 2.24) is 0 Å². The quantitative estimate of drug-likeness (QED) is 0.492. The molecular weight excluding hydrogens is 320 g/mol. The van der Waals surface area contributed by atoms with E-state index in [0.29, 0.717) is 10.4 Å². The summed E-state index contributed by atoms with van der Waals surface area (Å²) in [5.74, 6) is -0.362. The maximum atomic E-state index is 12.6. The van der Waals surface area contributed by atoms with Gasteiger partial charge in [0.05, 0.1) is 10.4 Å². The fourth-order valence-electron chi connectivity index (χ4n) is 2.40. The zero-order valence-corrected chi connectivity index (χ0v) is 14.0. The van der Waals surface area contributed by atoms with Gasteiger partial charge in [0.2, 0.25) is 0 Å². The van der Waals surface area contributed by atoms with E-state index in [1.807, 2.05) is 61.5 Å². The fourth-order valence-corrected chi connectivity index (χ4v) is 3.27. The molecular formula is C20H16O3S. The van der Waals surface area contributed by atoms with Gasteiger partial charge in [-0.05, 0) is 30.7 Å². The molecule has 0 amide bonds. The molecule has 0 aliphatic rings. The van der Waals surface area contributed by atoms with Gasteiger partial charge in [0.1, 0.15) is 6.61 Å². The van der Waals surface area contributed by atoms with Gasteiger partial charge in [-0.25, -0.2) is 4.79 Å². The van der Waals surface area contributed by atoms with Crippen LogP contribution in [-0.4, -0.2) is 12.3 Å². The highest BCUT2D eigenvalue weighted by atomic mass is 32.1. The SMILES string of the molecule is Cc1ccc(-c2ccc(C=O)s2)c(C(=O)OCc2ccccc2)c1. The highest BCUT2D eigenvalue weighted by Gasteiger charge is 2.16. The summed E-state index contributed by atoms with van der Waals surface area (Å²) in [5, 5.41) is 0. The van der Waals surface area contributed by atoms with Crippen LogP contribution < -0.4 is 0 Å². The minimum atomic E-state index is -0.362. The zero-order chi connectivity index (χ0) is 16.9. The molecule has 0 saturated carbocycles. The molecule has 0 N–H and O–H groups in total. The van der Waals surface area contributed by atoms with Crippen molar-refractivity contribution in [3.8, 4) is 10.4 Å². The molecule has 0 fully saturated rings. The number of benzene rings is 2. The second-order valence-electron chi connectivity index (χ2n) is 5.43. The lowest BCUT2D eigenvalue weighted by molar-refractivity contribution is 0.0473. The third-order valence-corrected chi connectivity index (χ3v) is 4.66. The van der Waals surface area contributed by atoms with E-state index in [2.05, 4.69) is 0 Å². The Labute approximate surface area is 144 Å². The Balaban J connectivity index is 1.87. The largest absolute Gasteiger partial charge is 0.457 e. The summed E-state index contributed by atoms with van der Waals surface area (Å²) in [6.07, 6.45) is 0.815. The Morgan fingerprint density at radius 2 is 1.88 bits per heavy atom. The lowest BCUT2D eigenvalue weighted by Gasteiger charge is -2.10. The molecule has 0 aliphatic carbocycles. The molecule has 0 saturated heterocycles. The molecule has 1 aromatic heterocycles. The predicted octanol–water partition coefficient (Wildman–Crippen LogP) is 4.89. The zero-order valence-electron chi connectivity index (χ0n) is 13.2. The maximum absolute atomic E-state index is 12.6. The van der Waals surface area contributed by atoms with Crippen molar-refractivity contribution in [3.05, 3.63) is 82.2 Å². The van der Waals surface area contributed by atoms with Gasteiger partial charge in [-0.2, -0.15) is 0 Å². The van der Waals surface area contributed by atoms with E-state index < -0.39 is 0 Å². The van der Waals surface area contributed by atoms with E-state index in [0.717, 1.165) is 27.9 Å². The van der Waals surface area contributed by atoms with E-state index in [1.165, 1.54) is 11.3 Å². The molecule has 3 nitrogen and oxygen atoms in total. The number of hydrogen-bond donors (Lipinski definition) is 0. The molecule has 3 rings (SSSR count). The van der Waals surface area contributed by atoms with Crippen LogP contribution in [0.15, 0.2) is 60.7 Å². The molecule has 0 spiro atoms. The van der Waals surface area contributed by atoms with E-state index >= 15 is 0 Å². The van der Waals surface area contributed by atoms with E-state index in [-0.39, 0.29) is 12.6 Å². The predicted molar refractivity (Wildman–Crippen MR) is 95.4 cm³/mol. The van der Waals surface area contributed by atoms with Crippen LogP contribution >= 0.6 is 11.3 Å². The smallest absolute Gasteiger partial charge is 0.339 e. The second-order valence-corrected chi connectivity index (χ2v) is 6.55. The van der Waals surface area contributed by atoms with Gasteiger partial charge in [-0.1, -0.05) is 48.0 Å². The maximum Gasteiger partial charge on any atom is 0.339 e. The highest BCUT2D eigenvalue weighted by Crippen LogP contribution is 2.31. The number of carbonyl (C=O) groups excluding carboxylic acids is 2. The molecule has 3 aromatic rings. The normalized spacial score (nSPS) is 10.4. The molecule has 2 aromatic carbocycles. The van der Waals surface area contributed by atoms with Crippen molar-refractivity contribution in [3.63, 3.8) is 0 Å². The average Bonchev–Trinajstić information content (AvgIpc) is 3.09. The molecule has 0 aliphatic heterocycles. The van der Waals surface area contributed by atoms with Crippen molar-refractivity contribution < 1.29 is 14.3 Å². The van der Waals surface area contributed by atoms with Gasteiger partial charge in [-0.15, -0.1) is 11.3 Å². The first-order valence-electron chi connectivity index (χ1n) is 7.54. The van der Waals surface area contributed by atoms with Crippen LogP contribution in [0.5, 0.6) is 0 Å². The molecule has 0 radical (unpaired) electrons. The molecule has 120 valence electrons. The summed E-state index contributed by atoms with van der Waals surface area (Å²) in [5.41, 5.74) is 3.24.